The quantitative estimate of drug-likeness (QED) is 0.732. The zero-order valence-corrected chi connectivity index (χ0v) is 13.8. The summed E-state index contributed by atoms with van der Waals surface area (Å²) in [7, 11) is 0. The predicted molar refractivity (Wildman–Crippen MR) is 90.9 cm³/mol. The number of aryl methyl sites for hydroxylation is 1. The van der Waals surface area contributed by atoms with Gasteiger partial charge < -0.3 is 9.32 Å². The van der Waals surface area contributed by atoms with Gasteiger partial charge in [-0.05, 0) is 52.9 Å². The second-order valence-electron chi connectivity index (χ2n) is 5.27. The summed E-state index contributed by atoms with van der Waals surface area (Å²) in [5.74, 6) is 1.71. The number of halogens is 1. The molecule has 1 aromatic carbocycles. The van der Waals surface area contributed by atoms with Crippen LogP contribution in [0.3, 0.4) is 0 Å². The Balaban J connectivity index is 1.74. The fourth-order valence-corrected chi connectivity index (χ4v) is 3.09. The number of anilines is 1. The minimum atomic E-state index is 0.781. The number of furan rings is 1. The Kier molecular flexibility index (Phi) is 4.44. The average molecular weight is 347 g/mol. The highest BCUT2D eigenvalue weighted by Gasteiger charge is 2.19. The fourth-order valence-electron chi connectivity index (χ4n) is 2.53. The monoisotopic (exact) mass is 346 g/mol. The van der Waals surface area contributed by atoms with Crippen LogP contribution in [0.2, 0.25) is 0 Å². The summed E-state index contributed by atoms with van der Waals surface area (Å²) >= 11 is 3.58. The van der Waals surface area contributed by atoms with Crippen molar-refractivity contribution in [1.82, 2.24) is 0 Å². The van der Waals surface area contributed by atoms with Crippen LogP contribution in [0.25, 0.3) is 0 Å². The number of nitrogens with zero attached hydrogens (tertiary/aromatic N) is 2. The molecule has 0 amide bonds. The van der Waals surface area contributed by atoms with Crippen LogP contribution in [0.5, 0.6) is 0 Å². The Morgan fingerprint density at radius 2 is 1.95 bits per heavy atom. The van der Waals surface area contributed by atoms with Gasteiger partial charge in [-0.2, -0.15) is 0 Å². The minimum absolute atomic E-state index is 0.781. The largest absolute Gasteiger partial charge is 0.438 e. The van der Waals surface area contributed by atoms with Crippen molar-refractivity contribution in [2.24, 2.45) is 4.99 Å². The fraction of sp³-hybridized carbons (Fsp3) is 0.353. The number of hydrogen-bond acceptors (Lipinski definition) is 3. The molecule has 1 aromatic heterocycles. The van der Waals surface area contributed by atoms with Gasteiger partial charge in [-0.1, -0.05) is 19.1 Å². The minimum Gasteiger partial charge on any atom is -0.438 e. The van der Waals surface area contributed by atoms with Crippen molar-refractivity contribution < 1.29 is 4.42 Å². The van der Waals surface area contributed by atoms with Gasteiger partial charge in [0.2, 0.25) is 5.88 Å². The highest BCUT2D eigenvalue weighted by atomic mass is 79.9. The molecule has 3 rings (SSSR count). The van der Waals surface area contributed by atoms with E-state index in [0.717, 1.165) is 41.3 Å². The number of benzene rings is 1. The van der Waals surface area contributed by atoms with Gasteiger partial charge in [-0.25, -0.2) is 0 Å². The maximum absolute atomic E-state index is 5.89. The van der Waals surface area contributed by atoms with Crippen LogP contribution in [0.15, 0.2) is 44.2 Å². The molecule has 0 aliphatic carbocycles. The van der Waals surface area contributed by atoms with E-state index in [9.17, 15) is 0 Å². The van der Waals surface area contributed by atoms with Crippen LogP contribution in [-0.2, 0) is 6.42 Å². The van der Waals surface area contributed by atoms with E-state index >= 15 is 0 Å². The summed E-state index contributed by atoms with van der Waals surface area (Å²) in [5, 5.41) is 0. The van der Waals surface area contributed by atoms with E-state index < -0.39 is 0 Å². The highest BCUT2D eigenvalue weighted by molar-refractivity contribution is 9.10. The maximum Gasteiger partial charge on any atom is 0.210 e. The van der Waals surface area contributed by atoms with Gasteiger partial charge in [-0.3, -0.25) is 4.99 Å². The first-order chi connectivity index (χ1) is 10.3. The lowest BCUT2D eigenvalue weighted by Crippen LogP contribution is -2.17. The summed E-state index contributed by atoms with van der Waals surface area (Å²) < 4.78 is 6.90. The molecular weight excluding hydrogens is 328 g/mol. The molecule has 0 spiro atoms. The van der Waals surface area contributed by atoms with Crippen molar-refractivity contribution >= 4 is 33.7 Å². The number of hydrogen-bond donors (Lipinski definition) is 0. The first-order valence-electron chi connectivity index (χ1n) is 7.43. The molecule has 0 atom stereocenters. The number of aliphatic imine (C=N–C) groups is 1. The zero-order valence-electron chi connectivity index (χ0n) is 12.2. The Labute approximate surface area is 133 Å². The highest BCUT2D eigenvalue weighted by Crippen LogP contribution is 2.32. The van der Waals surface area contributed by atoms with E-state index in [0.29, 0.717) is 0 Å². The molecule has 0 saturated carbocycles. The van der Waals surface area contributed by atoms with Crippen molar-refractivity contribution in [3.8, 4) is 0 Å². The van der Waals surface area contributed by atoms with E-state index in [4.69, 9.17) is 4.42 Å². The zero-order chi connectivity index (χ0) is 14.7. The Hall–Kier alpha value is -1.55. The molecule has 1 saturated heterocycles. The van der Waals surface area contributed by atoms with Crippen LogP contribution in [0, 0.1) is 0 Å². The van der Waals surface area contributed by atoms with Crippen molar-refractivity contribution in [2.75, 3.05) is 18.0 Å². The van der Waals surface area contributed by atoms with Crippen molar-refractivity contribution in [2.45, 2.75) is 26.2 Å². The van der Waals surface area contributed by atoms with Gasteiger partial charge >= 0.3 is 0 Å². The van der Waals surface area contributed by atoms with Gasteiger partial charge in [0.15, 0.2) is 0 Å². The molecule has 2 aromatic rings. The van der Waals surface area contributed by atoms with Crippen molar-refractivity contribution in [3.63, 3.8) is 0 Å². The third-order valence-corrected chi connectivity index (χ3v) is 4.33. The summed E-state index contributed by atoms with van der Waals surface area (Å²) in [6, 6.07) is 10.3. The van der Waals surface area contributed by atoms with Gasteiger partial charge in [0.1, 0.15) is 5.76 Å². The molecule has 4 heteroatoms. The molecule has 1 fully saturated rings. The van der Waals surface area contributed by atoms with Gasteiger partial charge in [0.25, 0.3) is 0 Å². The van der Waals surface area contributed by atoms with Gasteiger partial charge in [0.05, 0.1) is 16.4 Å². The second kappa shape index (κ2) is 6.48. The third kappa shape index (κ3) is 3.38. The van der Waals surface area contributed by atoms with E-state index in [1.165, 1.54) is 18.4 Å². The molecule has 1 aliphatic rings. The molecule has 3 nitrogen and oxygen atoms in total. The van der Waals surface area contributed by atoms with E-state index in [2.05, 4.69) is 44.9 Å². The molecule has 1 aliphatic heterocycles. The standard InChI is InChI=1S/C17H19BrN2O/c1-2-13-5-7-14(8-6-13)19-12-15-11-16(18)17(21-15)20-9-3-4-10-20/h5-8,11-12H,2-4,9-10H2,1H3. The Morgan fingerprint density at radius 3 is 2.62 bits per heavy atom. The first-order valence-corrected chi connectivity index (χ1v) is 8.23. The van der Waals surface area contributed by atoms with Crippen LogP contribution in [0.4, 0.5) is 11.6 Å². The van der Waals surface area contributed by atoms with Crippen LogP contribution in [0.1, 0.15) is 31.1 Å². The Morgan fingerprint density at radius 1 is 1.24 bits per heavy atom. The molecule has 110 valence electrons. The molecule has 0 unspecified atom stereocenters. The summed E-state index contributed by atoms with van der Waals surface area (Å²) in [6.45, 7) is 4.29. The van der Waals surface area contributed by atoms with Crippen LogP contribution >= 0.6 is 15.9 Å². The lowest BCUT2D eigenvalue weighted by Gasteiger charge is -2.13. The average Bonchev–Trinajstić information content (AvgIpc) is 3.15. The topological polar surface area (TPSA) is 28.7 Å². The van der Waals surface area contributed by atoms with E-state index in [-0.39, 0.29) is 0 Å². The van der Waals surface area contributed by atoms with E-state index in [1.807, 2.05) is 18.2 Å². The lowest BCUT2D eigenvalue weighted by molar-refractivity contribution is 0.549. The summed E-state index contributed by atoms with van der Waals surface area (Å²) in [4.78, 5) is 6.75. The predicted octanol–water partition coefficient (Wildman–Crippen LogP) is 4.96. The van der Waals surface area contributed by atoms with Crippen molar-refractivity contribution in [1.29, 1.82) is 0 Å². The number of rotatable bonds is 4. The van der Waals surface area contributed by atoms with Gasteiger partial charge in [-0.15, -0.1) is 0 Å². The second-order valence-corrected chi connectivity index (χ2v) is 6.13. The van der Waals surface area contributed by atoms with Crippen molar-refractivity contribution in [3.05, 3.63) is 46.1 Å². The Bertz CT molecular complexity index is 625. The summed E-state index contributed by atoms with van der Waals surface area (Å²) in [6.07, 6.45) is 5.31. The SMILES string of the molecule is CCc1ccc(N=Cc2cc(Br)c(N3CCCC3)o2)cc1. The third-order valence-electron chi connectivity index (χ3n) is 3.77. The smallest absolute Gasteiger partial charge is 0.210 e. The molecule has 2 heterocycles. The van der Waals surface area contributed by atoms with E-state index in [1.54, 1.807) is 6.21 Å². The molecule has 0 N–H and O–H groups in total. The maximum atomic E-state index is 5.89. The van der Waals surface area contributed by atoms with Crippen LogP contribution in [-0.4, -0.2) is 19.3 Å². The normalized spacial score (nSPS) is 15.2. The lowest BCUT2D eigenvalue weighted by atomic mass is 10.1. The molecular formula is C17H19BrN2O. The summed E-state index contributed by atoms with van der Waals surface area (Å²) in [5.41, 5.74) is 2.27. The van der Waals surface area contributed by atoms with Gasteiger partial charge in [0, 0.05) is 19.2 Å². The first kappa shape index (κ1) is 14.4. The molecule has 21 heavy (non-hydrogen) atoms. The van der Waals surface area contributed by atoms with Crippen LogP contribution < -0.4 is 4.90 Å². The molecule has 0 radical (unpaired) electrons. The molecule has 0 bridgehead atoms.